The fourth-order valence-corrected chi connectivity index (χ4v) is 5.24. The minimum atomic E-state index is -0.974. The first-order valence-corrected chi connectivity index (χ1v) is 14.5. The molecule has 1 aliphatic rings. The summed E-state index contributed by atoms with van der Waals surface area (Å²) < 4.78 is 18.2. The molecule has 5 rings (SSSR count). The zero-order valence-electron chi connectivity index (χ0n) is 23.1. The Morgan fingerprint density at radius 1 is 1.02 bits per heavy atom. The number of aryl methyl sites for hydroxylation is 1. The number of hydrogen-bond donors (Lipinski definition) is 1. The van der Waals surface area contributed by atoms with Crippen molar-refractivity contribution >= 4 is 40.6 Å². The fourth-order valence-electron chi connectivity index (χ4n) is 5.07. The summed E-state index contributed by atoms with van der Waals surface area (Å²) in [7, 11) is 0. The van der Waals surface area contributed by atoms with Gasteiger partial charge in [0.2, 0.25) is 0 Å². The van der Waals surface area contributed by atoms with E-state index < -0.39 is 11.8 Å². The molecule has 0 bridgehead atoms. The Hall–Kier alpha value is -3.71. The molecule has 0 saturated carbocycles. The number of fused-ring (bicyclic) bond motifs is 1. The smallest absolute Gasteiger partial charge is 0.336 e. The maximum absolute atomic E-state index is 12.1. The van der Waals surface area contributed by atoms with Crippen LogP contribution in [-0.4, -0.2) is 35.9 Å². The topological polar surface area (TPSA) is 77.9 Å². The van der Waals surface area contributed by atoms with Gasteiger partial charge in [-0.1, -0.05) is 73.8 Å². The molecule has 0 unspecified atom stereocenters. The van der Waals surface area contributed by atoms with Gasteiger partial charge in [-0.05, 0) is 66.4 Å². The number of pyridine rings is 1. The first kappa shape index (κ1) is 28.8. The molecule has 2 heterocycles. The SMILES string of the molecule is CCCCCOc1ccc(CCC2(c3cccc(/C=C/c4ccc5ccc(Cl)cc5n4)c3)OCCO2)c(C(=O)O)c1. The van der Waals surface area contributed by atoms with Gasteiger partial charge < -0.3 is 19.3 Å². The molecule has 1 fully saturated rings. The van der Waals surface area contributed by atoms with E-state index in [0.717, 1.165) is 52.5 Å². The lowest BCUT2D eigenvalue weighted by Gasteiger charge is -2.28. The van der Waals surface area contributed by atoms with Gasteiger partial charge in [0.05, 0.1) is 36.6 Å². The molecule has 1 saturated heterocycles. The van der Waals surface area contributed by atoms with Crippen molar-refractivity contribution in [2.45, 2.75) is 44.8 Å². The molecule has 0 amide bonds. The first-order chi connectivity index (χ1) is 20.0. The Kier molecular flexibility index (Phi) is 9.35. The summed E-state index contributed by atoms with van der Waals surface area (Å²) in [6.07, 6.45) is 8.05. The van der Waals surface area contributed by atoms with E-state index >= 15 is 0 Å². The van der Waals surface area contributed by atoms with Gasteiger partial charge in [-0.25, -0.2) is 9.78 Å². The van der Waals surface area contributed by atoms with Crippen molar-refractivity contribution < 1.29 is 24.1 Å². The van der Waals surface area contributed by atoms with E-state index in [0.29, 0.717) is 43.4 Å². The first-order valence-electron chi connectivity index (χ1n) is 14.1. The summed E-state index contributed by atoms with van der Waals surface area (Å²) in [4.78, 5) is 16.8. The normalized spacial score (nSPS) is 14.6. The van der Waals surface area contributed by atoms with E-state index in [9.17, 15) is 9.90 Å². The average Bonchev–Trinajstić information content (AvgIpc) is 3.47. The predicted octanol–water partition coefficient (Wildman–Crippen LogP) is 8.16. The van der Waals surface area contributed by atoms with Gasteiger partial charge in [0.15, 0.2) is 5.79 Å². The van der Waals surface area contributed by atoms with Gasteiger partial charge in [-0.2, -0.15) is 0 Å². The predicted molar refractivity (Wildman–Crippen MR) is 162 cm³/mol. The molecule has 3 aromatic carbocycles. The third-order valence-corrected chi connectivity index (χ3v) is 7.49. The van der Waals surface area contributed by atoms with E-state index in [1.807, 2.05) is 78.9 Å². The van der Waals surface area contributed by atoms with Crippen LogP contribution in [0.2, 0.25) is 5.02 Å². The zero-order valence-corrected chi connectivity index (χ0v) is 23.9. The van der Waals surface area contributed by atoms with Crippen LogP contribution in [0.1, 0.15) is 65.3 Å². The van der Waals surface area contributed by atoms with Crippen molar-refractivity contribution in [1.82, 2.24) is 4.98 Å². The maximum atomic E-state index is 12.1. The van der Waals surface area contributed by atoms with E-state index in [-0.39, 0.29) is 5.56 Å². The second kappa shape index (κ2) is 13.3. The Morgan fingerprint density at radius 3 is 2.66 bits per heavy atom. The number of carbonyl (C=O) groups is 1. The van der Waals surface area contributed by atoms with Crippen LogP contribution in [-0.2, 0) is 21.7 Å². The van der Waals surface area contributed by atoms with Crippen LogP contribution in [0.25, 0.3) is 23.1 Å². The van der Waals surface area contributed by atoms with E-state index in [1.165, 1.54) is 0 Å². The van der Waals surface area contributed by atoms with Gasteiger partial charge in [-0.3, -0.25) is 0 Å². The molecule has 0 atom stereocenters. The summed E-state index contributed by atoms with van der Waals surface area (Å²) in [5, 5.41) is 11.6. The summed E-state index contributed by atoms with van der Waals surface area (Å²) in [5.74, 6) is -1.35. The lowest BCUT2D eigenvalue weighted by molar-refractivity contribution is -0.170. The van der Waals surface area contributed by atoms with Crippen LogP contribution in [0.15, 0.2) is 72.8 Å². The van der Waals surface area contributed by atoms with Crippen LogP contribution < -0.4 is 4.74 Å². The number of halogens is 1. The molecule has 0 spiro atoms. The standard InChI is InChI=1S/C34H34ClNO5/c1-2-3-4-18-39-30-15-11-25(31(23-30)33(37)38)16-17-34(40-19-20-41-34)27-7-5-6-24(21-27)8-13-29-14-10-26-9-12-28(35)22-32(26)36-29/h5-15,21-23H,2-4,16-20H2,1H3,(H,37,38)/b13-8+. The van der Waals surface area contributed by atoms with E-state index in [2.05, 4.69) is 6.92 Å². The zero-order chi connectivity index (χ0) is 28.7. The van der Waals surface area contributed by atoms with Crippen molar-refractivity contribution in [2.24, 2.45) is 0 Å². The molecule has 1 aliphatic heterocycles. The van der Waals surface area contributed by atoms with Crippen molar-refractivity contribution in [1.29, 1.82) is 0 Å². The van der Waals surface area contributed by atoms with Crippen molar-refractivity contribution in [3.8, 4) is 5.75 Å². The second-order valence-electron chi connectivity index (χ2n) is 10.2. The number of carboxylic acids is 1. The number of nitrogens with zero attached hydrogens (tertiary/aromatic N) is 1. The lowest BCUT2D eigenvalue weighted by atomic mass is 9.94. The highest BCUT2D eigenvalue weighted by atomic mass is 35.5. The molecule has 7 heteroatoms. The maximum Gasteiger partial charge on any atom is 0.336 e. The summed E-state index contributed by atoms with van der Waals surface area (Å²) in [6, 6.07) is 23.0. The summed E-state index contributed by atoms with van der Waals surface area (Å²) >= 11 is 6.14. The molecule has 6 nitrogen and oxygen atoms in total. The minimum Gasteiger partial charge on any atom is -0.494 e. The Labute approximate surface area is 245 Å². The Morgan fingerprint density at radius 2 is 1.85 bits per heavy atom. The second-order valence-corrected chi connectivity index (χ2v) is 10.6. The number of aromatic nitrogens is 1. The number of ether oxygens (including phenoxy) is 3. The van der Waals surface area contributed by atoms with Crippen molar-refractivity contribution in [2.75, 3.05) is 19.8 Å². The number of hydrogen-bond acceptors (Lipinski definition) is 5. The highest BCUT2D eigenvalue weighted by Crippen LogP contribution is 2.37. The van der Waals surface area contributed by atoms with E-state index in [1.54, 1.807) is 6.07 Å². The van der Waals surface area contributed by atoms with Crippen LogP contribution in [0.5, 0.6) is 5.75 Å². The largest absolute Gasteiger partial charge is 0.494 e. The number of aromatic carboxylic acids is 1. The van der Waals surface area contributed by atoms with Gasteiger partial charge >= 0.3 is 5.97 Å². The average molecular weight is 572 g/mol. The molecule has 41 heavy (non-hydrogen) atoms. The van der Waals surface area contributed by atoms with Crippen LogP contribution in [0.4, 0.5) is 0 Å². The van der Waals surface area contributed by atoms with E-state index in [4.69, 9.17) is 30.8 Å². The number of benzene rings is 3. The third-order valence-electron chi connectivity index (χ3n) is 7.25. The number of unbranched alkanes of at least 4 members (excludes halogenated alkanes) is 2. The molecule has 1 aromatic heterocycles. The van der Waals surface area contributed by atoms with Gasteiger partial charge in [-0.15, -0.1) is 0 Å². The molecule has 212 valence electrons. The van der Waals surface area contributed by atoms with Gasteiger partial charge in [0, 0.05) is 22.4 Å². The van der Waals surface area contributed by atoms with Crippen LogP contribution in [0, 0.1) is 0 Å². The summed E-state index contributed by atoms with van der Waals surface area (Å²) in [5.41, 5.74) is 4.50. The third kappa shape index (κ3) is 7.14. The molecule has 0 aliphatic carbocycles. The molecule has 4 aromatic rings. The Balaban J connectivity index is 1.33. The molecule has 0 radical (unpaired) electrons. The van der Waals surface area contributed by atoms with Gasteiger partial charge in [0.1, 0.15) is 5.75 Å². The number of rotatable bonds is 12. The summed E-state index contributed by atoms with van der Waals surface area (Å²) in [6.45, 7) is 3.66. The van der Waals surface area contributed by atoms with Crippen molar-refractivity contribution in [3.63, 3.8) is 0 Å². The molecule has 1 N–H and O–H groups in total. The molecular formula is C34H34ClNO5. The van der Waals surface area contributed by atoms with Crippen LogP contribution >= 0.6 is 11.6 Å². The Bertz CT molecular complexity index is 1540. The fraction of sp³-hybridized carbons (Fsp3) is 0.294. The van der Waals surface area contributed by atoms with Crippen LogP contribution in [0.3, 0.4) is 0 Å². The van der Waals surface area contributed by atoms with Gasteiger partial charge in [0.25, 0.3) is 0 Å². The monoisotopic (exact) mass is 571 g/mol. The molecular weight excluding hydrogens is 538 g/mol. The number of carboxylic acid groups (broad SMARTS) is 1. The minimum absolute atomic E-state index is 0.243. The highest BCUT2D eigenvalue weighted by molar-refractivity contribution is 6.31. The van der Waals surface area contributed by atoms with Crippen molar-refractivity contribution in [3.05, 3.63) is 106 Å². The lowest BCUT2D eigenvalue weighted by Crippen LogP contribution is -2.28. The quantitative estimate of drug-likeness (QED) is 0.173. The highest BCUT2D eigenvalue weighted by Gasteiger charge is 2.38.